The van der Waals surface area contributed by atoms with Crippen molar-refractivity contribution in [1.82, 2.24) is 0 Å². The number of hydrogen-bond acceptors (Lipinski definition) is 2. The quantitative estimate of drug-likeness (QED) is 0.736. The summed E-state index contributed by atoms with van der Waals surface area (Å²) >= 11 is 0. The van der Waals surface area contributed by atoms with Gasteiger partial charge in [-0.1, -0.05) is 39.0 Å². The maximum Gasteiger partial charge on any atom is 0.146 e. The summed E-state index contributed by atoms with van der Waals surface area (Å²) in [5, 5.41) is 0. The van der Waals surface area contributed by atoms with E-state index in [0.717, 1.165) is 12.3 Å². The molecule has 2 atom stereocenters. The van der Waals surface area contributed by atoms with E-state index in [9.17, 15) is 4.79 Å². The molecular formula is C12H23NO. The second kappa shape index (κ2) is 5.50. The molecule has 14 heavy (non-hydrogen) atoms. The van der Waals surface area contributed by atoms with Crippen molar-refractivity contribution in [1.29, 1.82) is 0 Å². The van der Waals surface area contributed by atoms with Gasteiger partial charge in [0, 0.05) is 0 Å². The van der Waals surface area contributed by atoms with E-state index in [-0.39, 0.29) is 11.8 Å². The van der Waals surface area contributed by atoms with Crippen molar-refractivity contribution in [3.63, 3.8) is 0 Å². The number of hydrogen-bond donors (Lipinski definition) is 1. The van der Waals surface area contributed by atoms with Crippen molar-refractivity contribution < 1.29 is 4.79 Å². The molecule has 0 saturated heterocycles. The summed E-state index contributed by atoms with van der Waals surface area (Å²) in [4.78, 5) is 11.1. The van der Waals surface area contributed by atoms with Crippen molar-refractivity contribution in [3.05, 3.63) is 0 Å². The lowest BCUT2D eigenvalue weighted by Gasteiger charge is -2.18. The average molecular weight is 197 g/mol. The van der Waals surface area contributed by atoms with Gasteiger partial charge in [0.05, 0.1) is 6.04 Å². The molecule has 0 spiro atoms. The third kappa shape index (κ3) is 3.41. The molecule has 2 N–H and O–H groups in total. The Morgan fingerprint density at radius 3 is 2.50 bits per heavy atom. The van der Waals surface area contributed by atoms with Crippen molar-refractivity contribution in [2.45, 2.75) is 58.4 Å². The Morgan fingerprint density at radius 1 is 1.43 bits per heavy atom. The average Bonchev–Trinajstić information content (AvgIpc) is 2.65. The summed E-state index contributed by atoms with van der Waals surface area (Å²) in [7, 11) is 0. The molecule has 0 amide bonds. The fourth-order valence-electron chi connectivity index (χ4n) is 2.38. The number of ketones is 1. The number of carbonyl (C=O) groups excluding carboxylic acids is 1. The Kier molecular flexibility index (Phi) is 4.59. The van der Waals surface area contributed by atoms with Crippen molar-refractivity contribution in [2.75, 3.05) is 0 Å². The van der Waals surface area contributed by atoms with Gasteiger partial charge in [-0.15, -0.1) is 0 Å². The SMILES string of the molecule is CC(=O)C(N)C(C)CCC1CCCC1. The van der Waals surface area contributed by atoms with Gasteiger partial charge in [0.15, 0.2) is 0 Å². The van der Waals surface area contributed by atoms with Gasteiger partial charge in [0.1, 0.15) is 5.78 Å². The van der Waals surface area contributed by atoms with E-state index in [0.29, 0.717) is 5.92 Å². The molecule has 1 aliphatic carbocycles. The standard InChI is InChI=1S/C12H23NO/c1-9(12(13)10(2)14)7-8-11-5-3-4-6-11/h9,11-12H,3-8,13H2,1-2H3. The molecule has 1 aliphatic rings. The fraction of sp³-hybridized carbons (Fsp3) is 0.917. The van der Waals surface area contributed by atoms with E-state index in [2.05, 4.69) is 6.92 Å². The first kappa shape index (κ1) is 11.7. The van der Waals surface area contributed by atoms with Crippen LogP contribution in [0.15, 0.2) is 0 Å². The molecule has 0 aromatic heterocycles. The highest BCUT2D eigenvalue weighted by Gasteiger charge is 2.20. The van der Waals surface area contributed by atoms with Crippen LogP contribution in [0.5, 0.6) is 0 Å². The molecule has 0 aliphatic heterocycles. The zero-order chi connectivity index (χ0) is 10.6. The van der Waals surface area contributed by atoms with Crippen LogP contribution in [0.1, 0.15) is 52.4 Å². The Hall–Kier alpha value is -0.370. The van der Waals surface area contributed by atoms with Gasteiger partial charge in [-0.3, -0.25) is 4.79 Å². The molecule has 1 saturated carbocycles. The fourth-order valence-corrected chi connectivity index (χ4v) is 2.38. The predicted octanol–water partition coefficient (Wildman–Crippen LogP) is 2.51. The third-order valence-electron chi connectivity index (χ3n) is 3.59. The third-order valence-corrected chi connectivity index (χ3v) is 3.59. The summed E-state index contributed by atoms with van der Waals surface area (Å²) in [5.74, 6) is 1.40. The van der Waals surface area contributed by atoms with E-state index in [1.54, 1.807) is 6.92 Å². The van der Waals surface area contributed by atoms with Crippen molar-refractivity contribution >= 4 is 5.78 Å². The second-order valence-electron chi connectivity index (χ2n) is 4.84. The molecule has 2 heteroatoms. The molecule has 82 valence electrons. The maximum absolute atomic E-state index is 11.1. The molecule has 0 heterocycles. The van der Waals surface area contributed by atoms with Crippen LogP contribution in [0.2, 0.25) is 0 Å². The molecular weight excluding hydrogens is 174 g/mol. The van der Waals surface area contributed by atoms with Crippen molar-refractivity contribution in [2.24, 2.45) is 17.6 Å². The first-order valence-electron chi connectivity index (χ1n) is 5.87. The van der Waals surface area contributed by atoms with Gasteiger partial charge in [0.25, 0.3) is 0 Å². The van der Waals surface area contributed by atoms with Crippen LogP contribution in [0.4, 0.5) is 0 Å². The van der Waals surface area contributed by atoms with E-state index >= 15 is 0 Å². The molecule has 1 rings (SSSR count). The highest BCUT2D eigenvalue weighted by molar-refractivity contribution is 5.81. The number of rotatable bonds is 5. The van der Waals surface area contributed by atoms with Gasteiger partial charge in [-0.25, -0.2) is 0 Å². The summed E-state index contributed by atoms with van der Waals surface area (Å²) in [5.41, 5.74) is 5.80. The van der Waals surface area contributed by atoms with Crippen LogP contribution in [0.25, 0.3) is 0 Å². The second-order valence-corrected chi connectivity index (χ2v) is 4.84. The maximum atomic E-state index is 11.1. The lowest BCUT2D eigenvalue weighted by molar-refractivity contribution is -0.119. The number of carbonyl (C=O) groups is 1. The van der Waals surface area contributed by atoms with E-state index in [4.69, 9.17) is 5.73 Å². The van der Waals surface area contributed by atoms with Crippen LogP contribution >= 0.6 is 0 Å². The smallest absolute Gasteiger partial charge is 0.146 e. The lowest BCUT2D eigenvalue weighted by atomic mass is 9.90. The monoisotopic (exact) mass is 197 g/mol. The molecule has 0 radical (unpaired) electrons. The Labute approximate surface area is 87.2 Å². The van der Waals surface area contributed by atoms with Gasteiger partial charge in [0.2, 0.25) is 0 Å². The predicted molar refractivity (Wildman–Crippen MR) is 59.0 cm³/mol. The molecule has 1 fully saturated rings. The first-order valence-corrected chi connectivity index (χ1v) is 5.87. The Balaban J connectivity index is 2.19. The topological polar surface area (TPSA) is 43.1 Å². The van der Waals surface area contributed by atoms with Gasteiger partial charge < -0.3 is 5.73 Å². The minimum absolute atomic E-state index is 0.129. The number of nitrogens with two attached hydrogens (primary N) is 1. The van der Waals surface area contributed by atoms with Crippen LogP contribution < -0.4 is 5.73 Å². The van der Waals surface area contributed by atoms with E-state index in [1.165, 1.54) is 32.1 Å². The van der Waals surface area contributed by atoms with Gasteiger partial charge in [-0.05, 0) is 25.2 Å². The minimum Gasteiger partial charge on any atom is -0.321 e. The highest BCUT2D eigenvalue weighted by atomic mass is 16.1. The van der Waals surface area contributed by atoms with Gasteiger partial charge >= 0.3 is 0 Å². The molecule has 2 unspecified atom stereocenters. The lowest BCUT2D eigenvalue weighted by Crippen LogP contribution is -2.35. The zero-order valence-electron chi connectivity index (χ0n) is 9.46. The van der Waals surface area contributed by atoms with Crippen LogP contribution in [0, 0.1) is 11.8 Å². The van der Waals surface area contributed by atoms with Crippen LogP contribution in [-0.2, 0) is 4.79 Å². The summed E-state index contributed by atoms with van der Waals surface area (Å²) < 4.78 is 0. The summed E-state index contributed by atoms with van der Waals surface area (Å²) in [6.07, 6.45) is 7.97. The Bertz CT molecular complexity index is 185. The van der Waals surface area contributed by atoms with Crippen molar-refractivity contribution in [3.8, 4) is 0 Å². The summed E-state index contributed by atoms with van der Waals surface area (Å²) in [6.45, 7) is 3.69. The van der Waals surface area contributed by atoms with Crippen LogP contribution in [0.3, 0.4) is 0 Å². The molecule has 0 aromatic rings. The first-order chi connectivity index (χ1) is 6.61. The van der Waals surface area contributed by atoms with Gasteiger partial charge in [-0.2, -0.15) is 0 Å². The van der Waals surface area contributed by atoms with Crippen LogP contribution in [-0.4, -0.2) is 11.8 Å². The number of Topliss-reactive ketones (excluding diaryl/α,β-unsaturated/α-hetero) is 1. The highest BCUT2D eigenvalue weighted by Crippen LogP contribution is 2.30. The Morgan fingerprint density at radius 2 is 2.00 bits per heavy atom. The minimum atomic E-state index is -0.239. The molecule has 0 aromatic carbocycles. The van der Waals surface area contributed by atoms with E-state index in [1.807, 2.05) is 0 Å². The normalized spacial score (nSPS) is 22.2. The van der Waals surface area contributed by atoms with E-state index < -0.39 is 0 Å². The molecule has 0 bridgehead atoms. The molecule has 2 nitrogen and oxygen atoms in total. The largest absolute Gasteiger partial charge is 0.321 e. The summed E-state index contributed by atoms with van der Waals surface area (Å²) in [6, 6.07) is -0.239. The zero-order valence-corrected chi connectivity index (χ0v) is 9.46.